The fourth-order valence-electron chi connectivity index (χ4n) is 2.18. The summed E-state index contributed by atoms with van der Waals surface area (Å²) >= 11 is 0. The minimum atomic E-state index is -0.323. The van der Waals surface area contributed by atoms with Crippen molar-refractivity contribution in [2.75, 3.05) is 11.9 Å². The molecule has 0 fully saturated rings. The van der Waals surface area contributed by atoms with E-state index in [9.17, 15) is 9.59 Å². The van der Waals surface area contributed by atoms with Gasteiger partial charge in [-0.05, 0) is 30.7 Å². The van der Waals surface area contributed by atoms with Crippen LogP contribution in [0.25, 0.3) is 0 Å². The zero-order valence-corrected chi connectivity index (χ0v) is 11.2. The molecule has 98 valence electrons. The number of likely N-dealkylation sites (N-methyl/N-ethyl adjacent to an activating group) is 1. The van der Waals surface area contributed by atoms with Crippen LogP contribution in [0.4, 0.5) is 5.69 Å². The lowest BCUT2D eigenvalue weighted by atomic mass is 10.00. The Morgan fingerprint density at radius 1 is 1.26 bits per heavy atom. The van der Waals surface area contributed by atoms with Crippen molar-refractivity contribution >= 4 is 17.3 Å². The first kappa shape index (κ1) is 13.3. The van der Waals surface area contributed by atoms with Gasteiger partial charge in [0.25, 0.3) is 0 Å². The van der Waals surface area contributed by atoms with Gasteiger partial charge in [0.2, 0.25) is 0 Å². The topological polar surface area (TPSA) is 37.4 Å². The summed E-state index contributed by atoms with van der Waals surface area (Å²) in [5, 5.41) is 0. The summed E-state index contributed by atoms with van der Waals surface area (Å²) in [5.74, 6) is 0.0460. The van der Waals surface area contributed by atoms with E-state index < -0.39 is 0 Å². The van der Waals surface area contributed by atoms with Crippen LogP contribution in [0.5, 0.6) is 0 Å². The van der Waals surface area contributed by atoms with Gasteiger partial charge in [-0.3, -0.25) is 9.59 Å². The Morgan fingerprint density at radius 2 is 1.95 bits per heavy atom. The smallest absolute Gasteiger partial charge is 0.178 e. The van der Waals surface area contributed by atoms with E-state index in [-0.39, 0.29) is 17.6 Å². The fraction of sp³-hybridized carbons (Fsp3) is 0.250. The molecule has 0 amide bonds. The van der Waals surface area contributed by atoms with E-state index in [4.69, 9.17) is 0 Å². The van der Waals surface area contributed by atoms with Crippen LogP contribution in [-0.2, 0) is 9.59 Å². The quantitative estimate of drug-likeness (QED) is 0.833. The van der Waals surface area contributed by atoms with Gasteiger partial charge in [-0.2, -0.15) is 0 Å². The minimum Gasteiger partial charge on any atom is -0.364 e. The molecular formula is C16H17NO2. The summed E-state index contributed by atoms with van der Waals surface area (Å²) in [6.07, 6.45) is 5.39. The van der Waals surface area contributed by atoms with E-state index in [2.05, 4.69) is 0 Å². The number of hydrogen-bond acceptors (Lipinski definition) is 3. The highest BCUT2D eigenvalue weighted by molar-refractivity contribution is 6.01. The van der Waals surface area contributed by atoms with Crippen molar-refractivity contribution in [1.29, 1.82) is 0 Å². The van der Waals surface area contributed by atoms with Crippen LogP contribution < -0.4 is 4.90 Å². The molecule has 0 heterocycles. The lowest BCUT2D eigenvalue weighted by Crippen LogP contribution is -2.38. The number of anilines is 1. The number of allylic oxidation sites excluding steroid dienone is 2. The molecule has 1 aliphatic carbocycles. The fourth-order valence-corrected chi connectivity index (χ4v) is 2.18. The highest BCUT2D eigenvalue weighted by Gasteiger charge is 2.25. The van der Waals surface area contributed by atoms with E-state index in [1.54, 1.807) is 18.2 Å². The number of para-hydroxylation sites is 1. The maximum atomic E-state index is 12.1. The third kappa shape index (κ3) is 2.99. The number of rotatable bonds is 3. The molecule has 0 N–H and O–H groups in total. The lowest BCUT2D eigenvalue weighted by Gasteiger charge is -2.28. The number of nitrogens with zero attached hydrogens (tertiary/aromatic N) is 1. The van der Waals surface area contributed by atoms with Crippen LogP contribution in [0.1, 0.15) is 13.3 Å². The van der Waals surface area contributed by atoms with E-state index in [1.165, 1.54) is 6.92 Å². The van der Waals surface area contributed by atoms with Crippen LogP contribution in [0.2, 0.25) is 0 Å². The number of benzene rings is 1. The Kier molecular flexibility index (Phi) is 3.95. The third-order valence-corrected chi connectivity index (χ3v) is 3.38. The second-order valence-corrected chi connectivity index (χ2v) is 4.68. The molecule has 1 aromatic carbocycles. The Morgan fingerprint density at radius 3 is 2.58 bits per heavy atom. The van der Waals surface area contributed by atoms with Gasteiger partial charge in [-0.15, -0.1) is 0 Å². The largest absolute Gasteiger partial charge is 0.364 e. The van der Waals surface area contributed by atoms with Gasteiger partial charge in [0.1, 0.15) is 0 Å². The maximum Gasteiger partial charge on any atom is 0.178 e. The molecule has 0 spiro atoms. The van der Waals surface area contributed by atoms with Gasteiger partial charge in [0, 0.05) is 19.2 Å². The monoisotopic (exact) mass is 255 g/mol. The number of carbonyl (C=O) groups excluding carboxylic acids is 2. The lowest BCUT2D eigenvalue weighted by molar-refractivity contribution is -0.115. The van der Waals surface area contributed by atoms with Crippen LogP contribution in [0, 0.1) is 0 Å². The first-order chi connectivity index (χ1) is 9.09. The van der Waals surface area contributed by atoms with E-state index in [0.717, 1.165) is 5.69 Å². The van der Waals surface area contributed by atoms with E-state index in [1.807, 2.05) is 42.3 Å². The average Bonchev–Trinajstić information content (AvgIpc) is 2.61. The molecule has 2 rings (SSSR count). The highest BCUT2D eigenvalue weighted by Crippen LogP contribution is 2.22. The van der Waals surface area contributed by atoms with E-state index >= 15 is 0 Å². The SMILES string of the molecule is CC(=O)C1=CC=CC(=O)C(N(C)c2ccccc2)C1. The van der Waals surface area contributed by atoms with Crippen LogP contribution in [0.3, 0.4) is 0 Å². The summed E-state index contributed by atoms with van der Waals surface area (Å²) in [6, 6.07) is 9.40. The predicted molar refractivity (Wildman–Crippen MR) is 76.2 cm³/mol. The van der Waals surface area contributed by atoms with Gasteiger partial charge in [0.15, 0.2) is 11.6 Å². The van der Waals surface area contributed by atoms with Gasteiger partial charge >= 0.3 is 0 Å². The van der Waals surface area contributed by atoms with Crippen LogP contribution in [0.15, 0.2) is 54.1 Å². The molecule has 0 aliphatic heterocycles. The van der Waals surface area contributed by atoms with Crippen molar-refractivity contribution in [2.24, 2.45) is 0 Å². The van der Waals surface area contributed by atoms with Crippen LogP contribution in [-0.4, -0.2) is 24.7 Å². The zero-order chi connectivity index (χ0) is 13.8. The van der Waals surface area contributed by atoms with Crippen molar-refractivity contribution in [3.05, 3.63) is 54.1 Å². The summed E-state index contributed by atoms with van der Waals surface area (Å²) in [5.41, 5.74) is 1.66. The average molecular weight is 255 g/mol. The molecule has 1 aromatic rings. The minimum absolute atomic E-state index is 0.0193. The summed E-state index contributed by atoms with van der Waals surface area (Å²) in [4.78, 5) is 25.6. The summed E-state index contributed by atoms with van der Waals surface area (Å²) < 4.78 is 0. The molecule has 3 nitrogen and oxygen atoms in total. The van der Waals surface area contributed by atoms with Gasteiger partial charge < -0.3 is 4.90 Å². The van der Waals surface area contributed by atoms with Gasteiger partial charge in [0.05, 0.1) is 6.04 Å². The van der Waals surface area contributed by atoms with Crippen LogP contribution >= 0.6 is 0 Å². The van der Waals surface area contributed by atoms with Gasteiger partial charge in [-0.25, -0.2) is 0 Å². The first-order valence-electron chi connectivity index (χ1n) is 6.29. The summed E-state index contributed by atoms with van der Waals surface area (Å²) in [7, 11) is 1.88. The zero-order valence-electron chi connectivity index (χ0n) is 11.2. The molecule has 19 heavy (non-hydrogen) atoms. The molecular weight excluding hydrogens is 238 g/mol. The molecule has 3 heteroatoms. The maximum absolute atomic E-state index is 12.1. The molecule has 0 radical (unpaired) electrons. The Labute approximate surface area is 113 Å². The molecule has 0 saturated heterocycles. The van der Waals surface area contributed by atoms with Gasteiger partial charge in [-0.1, -0.05) is 30.4 Å². The second kappa shape index (κ2) is 5.65. The molecule has 1 atom stereocenters. The number of Topliss-reactive ketones (excluding diaryl/α,β-unsaturated/α-hetero) is 1. The number of carbonyl (C=O) groups is 2. The number of ketones is 2. The van der Waals surface area contributed by atoms with Crippen molar-refractivity contribution in [2.45, 2.75) is 19.4 Å². The van der Waals surface area contributed by atoms with Crippen molar-refractivity contribution in [1.82, 2.24) is 0 Å². The molecule has 1 aliphatic rings. The highest BCUT2D eigenvalue weighted by atomic mass is 16.1. The number of hydrogen-bond donors (Lipinski definition) is 0. The molecule has 0 aromatic heterocycles. The first-order valence-corrected chi connectivity index (χ1v) is 6.29. The van der Waals surface area contributed by atoms with E-state index in [0.29, 0.717) is 12.0 Å². The van der Waals surface area contributed by atoms with Crippen molar-refractivity contribution in [3.8, 4) is 0 Å². The third-order valence-electron chi connectivity index (χ3n) is 3.38. The molecule has 1 unspecified atom stereocenters. The standard InChI is InChI=1S/C16H17NO2/c1-12(18)13-7-6-10-16(19)15(11-13)17(2)14-8-4-3-5-9-14/h3-10,15H,11H2,1-2H3. The Hall–Kier alpha value is -2.16. The Bertz CT molecular complexity index is 543. The Balaban J connectivity index is 2.27. The van der Waals surface area contributed by atoms with Crippen molar-refractivity contribution in [3.63, 3.8) is 0 Å². The summed E-state index contributed by atoms with van der Waals surface area (Å²) in [6.45, 7) is 1.54. The second-order valence-electron chi connectivity index (χ2n) is 4.68. The predicted octanol–water partition coefficient (Wildman–Crippen LogP) is 2.54. The molecule has 0 bridgehead atoms. The normalized spacial score (nSPS) is 18.7. The molecule has 0 saturated carbocycles. The van der Waals surface area contributed by atoms with Crippen molar-refractivity contribution < 1.29 is 9.59 Å².